The van der Waals surface area contributed by atoms with Gasteiger partial charge >= 0.3 is 0 Å². The maximum atomic E-state index is 12.7. The average molecular weight is 340 g/mol. The first-order valence-corrected chi connectivity index (χ1v) is 9.06. The first kappa shape index (κ1) is 17.7. The van der Waals surface area contributed by atoms with E-state index in [1.807, 2.05) is 42.3 Å². The van der Waals surface area contributed by atoms with Crippen LogP contribution in [0, 0.1) is 6.92 Å². The molecule has 5 nitrogen and oxygen atoms in total. The summed E-state index contributed by atoms with van der Waals surface area (Å²) in [5, 5.41) is 0. The molecular formula is C20H28N4O. The Labute approximate surface area is 150 Å². The number of likely N-dealkylation sites (N-methyl/N-ethyl adjacent to an activating group) is 1. The van der Waals surface area contributed by atoms with Crippen LogP contribution in [0.25, 0.3) is 0 Å². The van der Waals surface area contributed by atoms with E-state index in [0.717, 1.165) is 50.1 Å². The van der Waals surface area contributed by atoms with Crippen LogP contribution in [0.15, 0.2) is 36.7 Å². The Hall–Kier alpha value is -2.14. The van der Waals surface area contributed by atoms with Crippen LogP contribution in [-0.4, -0.2) is 59.0 Å². The van der Waals surface area contributed by atoms with E-state index in [4.69, 9.17) is 0 Å². The number of aromatic nitrogens is 2. The molecule has 134 valence electrons. The third-order valence-corrected chi connectivity index (χ3v) is 4.95. The highest BCUT2D eigenvalue weighted by molar-refractivity contribution is 5.94. The predicted octanol–water partition coefficient (Wildman–Crippen LogP) is 2.77. The molecule has 1 aliphatic rings. The van der Waals surface area contributed by atoms with E-state index < -0.39 is 0 Å². The van der Waals surface area contributed by atoms with Gasteiger partial charge in [0.1, 0.15) is 5.82 Å². The van der Waals surface area contributed by atoms with Gasteiger partial charge in [-0.3, -0.25) is 4.79 Å². The van der Waals surface area contributed by atoms with Gasteiger partial charge in [-0.05, 0) is 46.0 Å². The number of carbonyl (C=O) groups excluding carboxylic acids is 1. The maximum absolute atomic E-state index is 12.7. The first-order valence-electron chi connectivity index (χ1n) is 9.06. The number of nitrogens with zero attached hydrogens (tertiary/aromatic N) is 4. The van der Waals surface area contributed by atoms with Gasteiger partial charge in [0, 0.05) is 50.1 Å². The SMILES string of the molecule is Cc1cccc(C(=O)N2CCC(c3nccn3CCN(C)C)CC2)c1. The number of benzene rings is 1. The second kappa shape index (κ2) is 7.83. The van der Waals surface area contributed by atoms with Gasteiger partial charge in [-0.2, -0.15) is 0 Å². The average Bonchev–Trinajstić information content (AvgIpc) is 3.08. The highest BCUT2D eigenvalue weighted by atomic mass is 16.2. The summed E-state index contributed by atoms with van der Waals surface area (Å²) >= 11 is 0. The zero-order chi connectivity index (χ0) is 17.8. The lowest BCUT2D eigenvalue weighted by atomic mass is 9.95. The molecule has 1 saturated heterocycles. The van der Waals surface area contributed by atoms with Crippen molar-refractivity contribution in [3.05, 3.63) is 53.6 Å². The summed E-state index contributed by atoms with van der Waals surface area (Å²) in [4.78, 5) is 21.5. The van der Waals surface area contributed by atoms with Crippen molar-refractivity contribution in [2.45, 2.75) is 32.2 Å². The molecule has 2 aromatic rings. The standard InChI is InChI=1S/C20H28N4O/c1-16-5-4-6-18(15-16)20(25)24-10-7-17(8-11-24)19-21-9-12-23(19)14-13-22(2)3/h4-6,9,12,15,17H,7-8,10-11,13-14H2,1-3H3. The normalized spacial score (nSPS) is 15.8. The highest BCUT2D eigenvalue weighted by Crippen LogP contribution is 2.27. The number of amides is 1. The van der Waals surface area contributed by atoms with E-state index in [1.165, 1.54) is 5.82 Å². The lowest BCUT2D eigenvalue weighted by Gasteiger charge is -2.32. The van der Waals surface area contributed by atoms with Gasteiger partial charge in [-0.1, -0.05) is 17.7 Å². The minimum atomic E-state index is 0.151. The van der Waals surface area contributed by atoms with Crippen molar-refractivity contribution in [3.8, 4) is 0 Å². The van der Waals surface area contributed by atoms with Gasteiger partial charge in [-0.15, -0.1) is 0 Å². The molecule has 0 aliphatic carbocycles. The van der Waals surface area contributed by atoms with Crippen LogP contribution in [0.4, 0.5) is 0 Å². The number of carbonyl (C=O) groups is 1. The van der Waals surface area contributed by atoms with Gasteiger partial charge in [0.25, 0.3) is 5.91 Å². The molecule has 0 N–H and O–H groups in total. The van der Waals surface area contributed by atoms with Crippen LogP contribution in [0.1, 0.15) is 40.5 Å². The number of likely N-dealkylation sites (tertiary alicyclic amines) is 1. The summed E-state index contributed by atoms with van der Waals surface area (Å²) in [6.45, 7) is 5.60. The summed E-state index contributed by atoms with van der Waals surface area (Å²) < 4.78 is 2.27. The number of hydrogen-bond donors (Lipinski definition) is 0. The second-order valence-corrected chi connectivity index (χ2v) is 7.22. The van der Waals surface area contributed by atoms with Gasteiger partial charge in [-0.25, -0.2) is 4.98 Å². The van der Waals surface area contributed by atoms with Crippen LogP contribution < -0.4 is 0 Å². The smallest absolute Gasteiger partial charge is 0.253 e. The van der Waals surface area contributed by atoms with Crippen molar-refractivity contribution in [2.24, 2.45) is 0 Å². The highest BCUT2D eigenvalue weighted by Gasteiger charge is 2.26. The van der Waals surface area contributed by atoms with E-state index in [9.17, 15) is 4.79 Å². The molecule has 2 heterocycles. The summed E-state index contributed by atoms with van der Waals surface area (Å²) in [7, 11) is 4.18. The molecule has 3 rings (SSSR count). The van der Waals surface area contributed by atoms with E-state index in [0.29, 0.717) is 5.92 Å². The molecule has 0 radical (unpaired) electrons. The van der Waals surface area contributed by atoms with Crippen LogP contribution in [0.2, 0.25) is 0 Å². The Balaban J connectivity index is 1.61. The molecule has 1 aromatic heterocycles. The minimum absolute atomic E-state index is 0.151. The Kier molecular flexibility index (Phi) is 5.53. The Morgan fingerprint density at radius 1 is 1.28 bits per heavy atom. The molecule has 0 atom stereocenters. The van der Waals surface area contributed by atoms with Crippen LogP contribution in [0.3, 0.4) is 0 Å². The zero-order valence-electron chi connectivity index (χ0n) is 15.5. The van der Waals surface area contributed by atoms with E-state index in [-0.39, 0.29) is 5.91 Å². The van der Waals surface area contributed by atoms with Gasteiger partial charge in [0.2, 0.25) is 0 Å². The first-order chi connectivity index (χ1) is 12.0. The maximum Gasteiger partial charge on any atom is 0.253 e. The van der Waals surface area contributed by atoms with Crippen LogP contribution in [-0.2, 0) is 6.54 Å². The zero-order valence-corrected chi connectivity index (χ0v) is 15.5. The van der Waals surface area contributed by atoms with Gasteiger partial charge in [0.05, 0.1) is 0 Å². The number of rotatable bonds is 5. The van der Waals surface area contributed by atoms with E-state index >= 15 is 0 Å². The van der Waals surface area contributed by atoms with Crippen molar-refractivity contribution < 1.29 is 4.79 Å². The molecule has 1 aliphatic heterocycles. The largest absolute Gasteiger partial charge is 0.339 e. The molecule has 1 aromatic carbocycles. The second-order valence-electron chi connectivity index (χ2n) is 7.22. The predicted molar refractivity (Wildman–Crippen MR) is 99.8 cm³/mol. The molecule has 1 fully saturated rings. The van der Waals surface area contributed by atoms with Crippen LogP contribution in [0.5, 0.6) is 0 Å². The lowest BCUT2D eigenvalue weighted by molar-refractivity contribution is 0.0710. The molecule has 1 amide bonds. The van der Waals surface area contributed by atoms with Gasteiger partial charge in [0.15, 0.2) is 0 Å². The van der Waals surface area contributed by atoms with Crippen molar-refractivity contribution in [3.63, 3.8) is 0 Å². The molecule has 0 saturated carbocycles. The van der Waals surface area contributed by atoms with E-state index in [2.05, 4.69) is 34.7 Å². The number of piperidine rings is 1. The van der Waals surface area contributed by atoms with E-state index in [1.54, 1.807) is 0 Å². The number of aryl methyl sites for hydroxylation is 1. The Bertz CT molecular complexity index is 714. The molecule has 0 unspecified atom stereocenters. The summed E-state index contributed by atoms with van der Waals surface area (Å²) in [5.74, 6) is 1.77. The number of imidazole rings is 1. The monoisotopic (exact) mass is 340 g/mol. The summed E-state index contributed by atoms with van der Waals surface area (Å²) in [5.41, 5.74) is 1.93. The van der Waals surface area contributed by atoms with Gasteiger partial charge < -0.3 is 14.4 Å². The van der Waals surface area contributed by atoms with Crippen molar-refractivity contribution in [1.82, 2.24) is 19.4 Å². The van der Waals surface area contributed by atoms with Crippen molar-refractivity contribution in [1.29, 1.82) is 0 Å². The van der Waals surface area contributed by atoms with Crippen LogP contribution >= 0.6 is 0 Å². The molecule has 0 spiro atoms. The summed E-state index contributed by atoms with van der Waals surface area (Å²) in [6, 6.07) is 7.87. The summed E-state index contributed by atoms with van der Waals surface area (Å²) in [6.07, 6.45) is 5.94. The molecule has 5 heteroatoms. The third kappa shape index (κ3) is 4.28. The molecular weight excluding hydrogens is 312 g/mol. The quantitative estimate of drug-likeness (QED) is 0.840. The minimum Gasteiger partial charge on any atom is -0.339 e. The number of hydrogen-bond acceptors (Lipinski definition) is 3. The fraction of sp³-hybridized carbons (Fsp3) is 0.500. The van der Waals surface area contributed by atoms with Crippen molar-refractivity contribution >= 4 is 5.91 Å². The topological polar surface area (TPSA) is 41.4 Å². The molecule has 0 bridgehead atoms. The fourth-order valence-electron chi connectivity index (χ4n) is 3.48. The molecule has 25 heavy (non-hydrogen) atoms. The van der Waals surface area contributed by atoms with Crippen molar-refractivity contribution in [2.75, 3.05) is 33.7 Å². The fourth-order valence-corrected chi connectivity index (χ4v) is 3.48. The Morgan fingerprint density at radius 3 is 2.72 bits per heavy atom. The lowest BCUT2D eigenvalue weighted by Crippen LogP contribution is -2.38. The Morgan fingerprint density at radius 2 is 2.04 bits per heavy atom. The third-order valence-electron chi connectivity index (χ3n) is 4.95.